The van der Waals surface area contributed by atoms with Gasteiger partial charge in [-0.15, -0.1) is 0 Å². The molecule has 0 aromatic rings. The van der Waals surface area contributed by atoms with Crippen LogP contribution in [0.5, 0.6) is 0 Å². The second-order valence-corrected chi connectivity index (χ2v) is 0. The van der Waals surface area contributed by atoms with E-state index in [4.69, 9.17) is 3.25 Å². The maximum atomic E-state index is 8.06. The topological polar surface area (TPSA) is 103 Å². The van der Waals surface area contributed by atoms with Crippen LogP contribution in [0.25, 0.3) is 0 Å². The van der Waals surface area contributed by atoms with Crippen molar-refractivity contribution < 1.29 is 75.4 Å². The summed E-state index contributed by atoms with van der Waals surface area (Å²) in [6.07, 6.45) is 0. The van der Waals surface area contributed by atoms with Crippen LogP contribution in [-0.2, 0) is 75.4 Å². The van der Waals surface area contributed by atoms with Gasteiger partial charge in [0.05, 0.1) is 0 Å². The Hall–Kier alpha value is 1.49. The summed E-state index contributed by atoms with van der Waals surface area (Å²) in [5.41, 5.74) is 0. The van der Waals surface area contributed by atoms with E-state index in [0.717, 1.165) is 0 Å². The van der Waals surface area contributed by atoms with Crippen molar-refractivity contribution in [1.82, 2.24) is 0 Å². The number of hydrogen-bond acceptors (Lipinski definition) is 1. The van der Waals surface area contributed by atoms with Crippen LogP contribution in [0.2, 0.25) is 0 Å². The van der Waals surface area contributed by atoms with E-state index in [1.165, 1.54) is 0 Å². The normalized spacial score (nSPS) is 0.857. The molecule has 2 radical (unpaired) electrons. The first-order valence-electron chi connectivity index (χ1n) is 0.123. The molecule has 0 aromatic heterocycles. The fourth-order valence-electron chi connectivity index (χ4n) is 0. The van der Waals surface area contributed by atoms with Gasteiger partial charge in [-0.25, -0.2) is 0 Å². The first-order chi connectivity index (χ1) is 1.00. The molecule has 0 bridgehead atoms. The standard InChI is InChI=1S/Ag.2Cr.4O/q;2*+3;;3*-2. The van der Waals surface area contributed by atoms with Gasteiger partial charge in [-0.3, -0.25) is 0 Å². The third-order valence-corrected chi connectivity index (χ3v) is 0. The zero-order valence-corrected chi connectivity index (χ0v) is 6.78. The van der Waals surface area contributed by atoms with Gasteiger partial charge in [-0.2, -0.15) is 0 Å². The molecule has 47 valence electrons. The zero-order chi connectivity index (χ0) is 2.00. The molecule has 0 heterocycles. The summed E-state index contributed by atoms with van der Waals surface area (Å²) >= 11 is 1.70. The van der Waals surface area contributed by atoms with Gasteiger partial charge in [0.1, 0.15) is 0 Å². The van der Waals surface area contributed by atoms with Crippen LogP contribution in [-0.4, -0.2) is 0 Å². The van der Waals surface area contributed by atoms with Gasteiger partial charge in [-0.1, -0.05) is 0 Å². The van der Waals surface area contributed by atoms with E-state index in [0.29, 0.717) is 0 Å². The Balaban J connectivity index is -0.000000000500. The second-order valence-electron chi connectivity index (χ2n) is 0. The summed E-state index contributed by atoms with van der Waals surface area (Å²) in [4.78, 5) is 0. The summed E-state index contributed by atoms with van der Waals surface area (Å²) in [7, 11) is 0. The van der Waals surface area contributed by atoms with Crippen LogP contribution in [0.1, 0.15) is 0 Å². The minimum atomic E-state index is 0. The van der Waals surface area contributed by atoms with E-state index in [2.05, 4.69) is 0 Å². The van der Waals surface area contributed by atoms with Crippen LogP contribution in [0.4, 0.5) is 0 Å². The van der Waals surface area contributed by atoms with Crippen molar-refractivity contribution in [3.05, 3.63) is 0 Å². The van der Waals surface area contributed by atoms with Crippen molar-refractivity contribution in [3.63, 3.8) is 0 Å². The first-order valence-corrected chi connectivity index (χ1v) is 0.728. The van der Waals surface area contributed by atoms with E-state index >= 15 is 0 Å². The van der Waals surface area contributed by atoms with Crippen molar-refractivity contribution in [3.8, 4) is 0 Å². The molecule has 0 aliphatic heterocycles. The Morgan fingerprint density at radius 3 is 0.714 bits per heavy atom. The Morgan fingerprint density at radius 1 is 0.714 bits per heavy atom. The van der Waals surface area contributed by atoms with Crippen molar-refractivity contribution >= 4 is 0 Å². The molecule has 0 unspecified atom stereocenters. The molecular formula is AgCr2O4. The molecule has 7 heteroatoms. The third kappa shape index (κ3) is 102. The van der Waals surface area contributed by atoms with Crippen LogP contribution >= 0.6 is 0 Å². The molecule has 4 nitrogen and oxygen atoms in total. The Kier molecular flexibility index (Phi) is 1570. The van der Waals surface area contributed by atoms with Crippen LogP contribution in [0.15, 0.2) is 0 Å². The van der Waals surface area contributed by atoms with Crippen LogP contribution < -0.4 is 0 Å². The molecule has 0 saturated heterocycles. The molecule has 0 atom stereocenters. The summed E-state index contributed by atoms with van der Waals surface area (Å²) in [5.74, 6) is 0. The molecule has 0 N–H and O–H groups in total. The van der Waals surface area contributed by atoms with Crippen molar-refractivity contribution in [1.29, 1.82) is 0 Å². The monoisotopic (exact) mass is 275 g/mol. The van der Waals surface area contributed by atoms with Crippen molar-refractivity contribution in [2.24, 2.45) is 0 Å². The third-order valence-electron chi connectivity index (χ3n) is 0. The van der Waals surface area contributed by atoms with Gasteiger partial charge in [0.25, 0.3) is 0 Å². The fourth-order valence-corrected chi connectivity index (χ4v) is 0. The number of hydrogen-bond donors (Lipinski definition) is 0. The Morgan fingerprint density at radius 2 is 0.714 bits per heavy atom. The van der Waals surface area contributed by atoms with E-state index in [9.17, 15) is 0 Å². The Labute approximate surface area is 75.1 Å². The number of rotatable bonds is 0. The van der Waals surface area contributed by atoms with Gasteiger partial charge in [0.15, 0.2) is 0 Å². The predicted octanol–water partition coefficient (Wildman–Crippen LogP) is -0.483. The van der Waals surface area contributed by atoms with E-state index < -0.39 is 0 Å². The van der Waals surface area contributed by atoms with Crippen LogP contribution in [0, 0.1) is 0 Å². The molecule has 0 spiro atoms. The molecule has 0 fully saturated rings. The van der Waals surface area contributed by atoms with Gasteiger partial charge in [0.2, 0.25) is 0 Å². The summed E-state index contributed by atoms with van der Waals surface area (Å²) in [6, 6.07) is 0. The molecule has 0 aliphatic carbocycles. The maximum absolute atomic E-state index is 8.06. The average Bonchev–Trinajstić information content (AvgIpc) is 1.00. The zero-order valence-electron chi connectivity index (χ0n) is 2.75. The van der Waals surface area contributed by atoms with E-state index in [1.54, 1.807) is 21.0 Å². The fraction of sp³-hybridized carbons (Fsp3) is 0. The average molecular weight is 276 g/mol. The molecule has 0 aromatic carbocycles. The van der Waals surface area contributed by atoms with Gasteiger partial charge >= 0.3 is 59.0 Å². The first kappa shape index (κ1) is 77.0. The molecule has 0 rings (SSSR count). The summed E-state index contributed by atoms with van der Waals surface area (Å²) in [6.45, 7) is 0. The quantitative estimate of drug-likeness (QED) is 0.548. The van der Waals surface area contributed by atoms with Gasteiger partial charge < -0.3 is 16.4 Å². The molecule has 0 amide bonds. The van der Waals surface area contributed by atoms with Gasteiger partial charge in [0, 0.05) is 0 Å². The van der Waals surface area contributed by atoms with Gasteiger partial charge in [-0.05, 0) is 0 Å². The Bertz CT molecular complexity index is 9.65. The molecule has 0 saturated carbocycles. The van der Waals surface area contributed by atoms with Crippen molar-refractivity contribution in [2.45, 2.75) is 0 Å². The SMILES string of the molecule is [Cr+3].[Cr+3].[O-2].[O-2].[O-2].[O]=[Ag]. The van der Waals surface area contributed by atoms with Crippen molar-refractivity contribution in [2.75, 3.05) is 0 Å². The van der Waals surface area contributed by atoms with Crippen LogP contribution in [0.3, 0.4) is 0 Å². The summed E-state index contributed by atoms with van der Waals surface area (Å²) in [5, 5.41) is 0. The molecule has 0 aliphatic rings. The minimum absolute atomic E-state index is 0. The summed E-state index contributed by atoms with van der Waals surface area (Å²) < 4.78 is 8.06. The molecule has 7 heavy (non-hydrogen) atoms. The van der Waals surface area contributed by atoms with E-state index in [1.807, 2.05) is 0 Å². The van der Waals surface area contributed by atoms with E-state index in [-0.39, 0.29) is 51.2 Å². The second kappa shape index (κ2) is 143. The predicted molar refractivity (Wildman–Crippen MR) is 2.75 cm³/mol. The molecular weight excluding hydrogens is 276 g/mol.